The van der Waals surface area contributed by atoms with Crippen LogP contribution >= 0.6 is 11.6 Å². The zero-order chi connectivity index (χ0) is 17.8. The maximum Gasteiger partial charge on any atom is 0.242 e. The van der Waals surface area contributed by atoms with Crippen molar-refractivity contribution in [1.29, 1.82) is 0 Å². The molecule has 0 heterocycles. The van der Waals surface area contributed by atoms with Gasteiger partial charge in [0.25, 0.3) is 0 Å². The van der Waals surface area contributed by atoms with E-state index in [0.717, 1.165) is 5.56 Å². The Labute approximate surface area is 146 Å². The first-order chi connectivity index (χ1) is 11.2. The number of nitrogens with two attached hydrogens (primary N) is 1. The van der Waals surface area contributed by atoms with Crippen LogP contribution in [0.4, 0.5) is 0 Å². The van der Waals surface area contributed by atoms with Gasteiger partial charge in [-0.15, -0.1) is 0 Å². The van der Waals surface area contributed by atoms with Gasteiger partial charge in [-0.05, 0) is 42.7 Å². The predicted octanol–water partition coefficient (Wildman–Crippen LogP) is 1.90. The van der Waals surface area contributed by atoms with Gasteiger partial charge in [-0.1, -0.05) is 35.9 Å². The molecule has 0 aliphatic carbocycles. The van der Waals surface area contributed by atoms with Crippen LogP contribution in [0.5, 0.6) is 0 Å². The molecule has 0 aromatic heterocycles. The number of aryl methyl sites for hydroxylation is 1. The van der Waals surface area contributed by atoms with Gasteiger partial charge in [-0.2, -0.15) is 0 Å². The van der Waals surface area contributed by atoms with Gasteiger partial charge < -0.3 is 0 Å². The van der Waals surface area contributed by atoms with Crippen molar-refractivity contribution in [2.45, 2.75) is 22.6 Å². The first kappa shape index (κ1) is 18.9. The number of rotatable bonds is 7. The fourth-order valence-corrected chi connectivity index (χ4v) is 4.19. The van der Waals surface area contributed by atoms with Gasteiger partial charge in [-0.3, -0.25) is 0 Å². The van der Waals surface area contributed by atoms with Gasteiger partial charge in [0.15, 0.2) is 0 Å². The lowest BCUT2D eigenvalue weighted by molar-refractivity contribution is 0.579. The fourth-order valence-electron chi connectivity index (χ4n) is 2.09. The molecule has 130 valence electrons. The van der Waals surface area contributed by atoms with Crippen LogP contribution in [0.25, 0.3) is 0 Å². The highest BCUT2D eigenvalue weighted by Crippen LogP contribution is 2.20. The van der Waals surface area contributed by atoms with Gasteiger partial charge in [0.2, 0.25) is 20.0 Å². The van der Waals surface area contributed by atoms with Gasteiger partial charge in [0, 0.05) is 6.54 Å². The summed E-state index contributed by atoms with van der Waals surface area (Å²) < 4.78 is 49.1. The maximum absolute atomic E-state index is 12.1. The van der Waals surface area contributed by atoms with Crippen molar-refractivity contribution in [1.82, 2.24) is 4.72 Å². The first-order valence-corrected chi connectivity index (χ1v) is 10.5. The van der Waals surface area contributed by atoms with Gasteiger partial charge in [0.05, 0.1) is 9.92 Å². The number of primary sulfonamides is 1. The van der Waals surface area contributed by atoms with Crippen molar-refractivity contribution in [2.75, 3.05) is 6.54 Å². The summed E-state index contributed by atoms with van der Waals surface area (Å²) in [6.45, 7) is 0.241. The summed E-state index contributed by atoms with van der Waals surface area (Å²) in [5.74, 6) is 0. The van der Waals surface area contributed by atoms with Crippen molar-refractivity contribution in [2.24, 2.45) is 5.14 Å². The van der Waals surface area contributed by atoms with E-state index in [1.54, 1.807) is 24.3 Å². The average molecular weight is 389 g/mol. The van der Waals surface area contributed by atoms with E-state index in [4.69, 9.17) is 16.7 Å². The SMILES string of the molecule is NS(=O)(=O)c1ccc(CCCNS(=O)(=O)c2ccccc2Cl)cc1. The lowest BCUT2D eigenvalue weighted by atomic mass is 10.1. The highest BCUT2D eigenvalue weighted by molar-refractivity contribution is 7.89. The third-order valence-corrected chi connectivity index (χ3v) is 6.20. The molecule has 0 aliphatic heterocycles. The van der Waals surface area contributed by atoms with Crippen molar-refractivity contribution < 1.29 is 16.8 Å². The Morgan fingerprint density at radius 2 is 1.58 bits per heavy atom. The number of nitrogens with one attached hydrogen (secondary N) is 1. The van der Waals surface area contributed by atoms with Crippen LogP contribution in [0.3, 0.4) is 0 Å². The minimum Gasteiger partial charge on any atom is -0.225 e. The third kappa shape index (κ3) is 5.02. The van der Waals surface area contributed by atoms with Crippen LogP contribution in [0.2, 0.25) is 5.02 Å². The number of benzene rings is 2. The molecule has 0 fully saturated rings. The number of hydrogen-bond acceptors (Lipinski definition) is 4. The van der Waals surface area contributed by atoms with Crippen molar-refractivity contribution in [3.05, 3.63) is 59.1 Å². The molecular formula is C15H17ClN2O4S2. The smallest absolute Gasteiger partial charge is 0.225 e. The zero-order valence-corrected chi connectivity index (χ0v) is 15.0. The monoisotopic (exact) mass is 388 g/mol. The van der Waals surface area contributed by atoms with Gasteiger partial charge in [0.1, 0.15) is 4.90 Å². The minimum absolute atomic E-state index is 0.0455. The lowest BCUT2D eigenvalue weighted by Crippen LogP contribution is -2.25. The van der Waals surface area contributed by atoms with E-state index >= 15 is 0 Å². The average Bonchev–Trinajstić information content (AvgIpc) is 2.51. The molecule has 24 heavy (non-hydrogen) atoms. The molecule has 0 unspecified atom stereocenters. The van der Waals surface area contributed by atoms with Crippen LogP contribution in [-0.4, -0.2) is 23.4 Å². The summed E-state index contributed by atoms with van der Waals surface area (Å²) in [7, 11) is -7.35. The Kier molecular flexibility index (Phi) is 6.00. The van der Waals surface area contributed by atoms with E-state index < -0.39 is 20.0 Å². The molecule has 0 saturated heterocycles. The normalized spacial score (nSPS) is 12.2. The Bertz CT molecular complexity index is 911. The van der Waals surface area contributed by atoms with Gasteiger partial charge in [-0.25, -0.2) is 26.7 Å². The quantitative estimate of drug-likeness (QED) is 0.706. The van der Waals surface area contributed by atoms with E-state index in [1.165, 1.54) is 24.3 Å². The molecule has 0 spiro atoms. The third-order valence-electron chi connectivity index (χ3n) is 3.31. The van der Waals surface area contributed by atoms with Crippen LogP contribution in [0.1, 0.15) is 12.0 Å². The largest absolute Gasteiger partial charge is 0.242 e. The molecule has 0 amide bonds. The summed E-state index contributed by atoms with van der Waals surface area (Å²) in [5, 5.41) is 5.20. The van der Waals surface area contributed by atoms with Crippen molar-refractivity contribution in [3.8, 4) is 0 Å². The van der Waals surface area contributed by atoms with Crippen LogP contribution in [0.15, 0.2) is 58.3 Å². The van der Waals surface area contributed by atoms with Gasteiger partial charge >= 0.3 is 0 Å². The van der Waals surface area contributed by atoms with E-state index in [1.807, 2.05) is 0 Å². The second-order valence-electron chi connectivity index (χ2n) is 5.12. The molecule has 0 saturated carbocycles. The summed E-state index contributed by atoms with van der Waals surface area (Å²) in [6, 6.07) is 12.4. The number of sulfonamides is 2. The number of hydrogen-bond donors (Lipinski definition) is 2. The van der Waals surface area contributed by atoms with Crippen LogP contribution < -0.4 is 9.86 Å². The molecule has 2 aromatic rings. The van der Waals surface area contributed by atoms with E-state index in [-0.39, 0.29) is 21.4 Å². The van der Waals surface area contributed by atoms with Crippen LogP contribution in [-0.2, 0) is 26.5 Å². The zero-order valence-electron chi connectivity index (χ0n) is 12.6. The molecular weight excluding hydrogens is 372 g/mol. The van der Waals surface area contributed by atoms with Crippen LogP contribution in [0, 0.1) is 0 Å². The Morgan fingerprint density at radius 1 is 0.958 bits per heavy atom. The summed E-state index contributed by atoms with van der Waals surface area (Å²) >= 11 is 5.89. The Balaban J connectivity index is 1.90. The molecule has 0 bridgehead atoms. The van der Waals surface area contributed by atoms with E-state index in [2.05, 4.69) is 4.72 Å². The molecule has 0 atom stereocenters. The first-order valence-electron chi connectivity index (χ1n) is 7.06. The molecule has 2 rings (SSSR count). The lowest BCUT2D eigenvalue weighted by Gasteiger charge is -2.08. The summed E-state index contributed by atoms with van der Waals surface area (Å²) in [5.41, 5.74) is 0.888. The highest BCUT2D eigenvalue weighted by atomic mass is 35.5. The maximum atomic E-state index is 12.1. The van der Waals surface area contributed by atoms with Crippen molar-refractivity contribution >= 4 is 31.6 Å². The second kappa shape index (κ2) is 7.62. The molecule has 0 aliphatic rings. The molecule has 6 nitrogen and oxygen atoms in total. The Morgan fingerprint density at radius 3 is 2.17 bits per heavy atom. The summed E-state index contributed by atoms with van der Waals surface area (Å²) in [4.78, 5) is 0.0924. The standard InChI is InChI=1S/C15H17ClN2O4S2/c16-14-5-1-2-6-15(14)24(21,22)18-11-3-4-12-7-9-13(10-8-12)23(17,19)20/h1-2,5-10,18H,3-4,11H2,(H2,17,19,20). The minimum atomic E-state index is -3.70. The molecule has 3 N–H and O–H groups in total. The van der Waals surface area contributed by atoms with Crippen molar-refractivity contribution in [3.63, 3.8) is 0 Å². The van der Waals surface area contributed by atoms with E-state index in [9.17, 15) is 16.8 Å². The summed E-state index contributed by atoms with van der Waals surface area (Å²) in [6.07, 6.45) is 1.15. The highest BCUT2D eigenvalue weighted by Gasteiger charge is 2.16. The second-order valence-corrected chi connectivity index (χ2v) is 8.82. The molecule has 9 heteroatoms. The molecule has 2 aromatic carbocycles. The predicted molar refractivity (Wildman–Crippen MR) is 92.8 cm³/mol. The molecule has 0 radical (unpaired) electrons. The van der Waals surface area contributed by atoms with E-state index in [0.29, 0.717) is 12.8 Å². The fraction of sp³-hybridized carbons (Fsp3) is 0.200. The Hall–Kier alpha value is -1.45. The number of halogens is 1. The topological polar surface area (TPSA) is 106 Å².